The number of benzene rings is 2. The number of amides is 1. The van der Waals surface area contributed by atoms with E-state index < -0.39 is 0 Å². The van der Waals surface area contributed by atoms with E-state index in [2.05, 4.69) is 24.1 Å². The minimum atomic E-state index is -0.274. The molecule has 0 spiro atoms. The van der Waals surface area contributed by atoms with Gasteiger partial charge in [0.1, 0.15) is 5.03 Å². The maximum Gasteiger partial charge on any atom is 0.251 e. The zero-order valence-electron chi connectivity index (χ0n) is 17.6. The molecule has 30 heavy (non-hydrogen) atoms. The lowest BCUT2D eigenvalue weighted by molar-refractivity contribution is 0.0945. The Kier molecular flexibility index (Phi) is 7.00. The Balaban J connectivity index is 1.63. The first kappa shape index (κ1) is 21.7. The first-order valence-corrected chi connectivity index (χ1v) is 10.4. The smallest absolute Gasteiger partial charge is 0.251 e. The largest absolute Gasteiger partial charge is 0.493 e. The number of hydrogen-bond donors (Lipinski definition) is 1. The molecule has 156 valence electrons. The lowest BCUT2D eigenvalue weighted by atomic mass is 9.84. The normalized spacial score (nSPS) is 11.1. The zero-order valence-corrected chi connectivity index (χ0v) is 18.5. The predicted octanol–water partition coefficient (Wildman–Crippen LogP) is 4.96. The number of methoxy groups -OCH3 is 2. The number of nitrogens with zero attached hydrogens (tertiary/aromatic N) is 1. The Morgan fingerprint density at radius 1 is 1.00 bits per heavy atom. The number of hydrogen-bond acceptors (Lipinski definition) is 5. The Morgan fingerprint density at radius 2 is 1.73 bits per heavy atom. The van der Waals surface area contributed by atoms with Crippen molar-refractivity contribution >= 4 is 17.7 Å². The summed E-state index contributed by atoms with van der Waals surface area (Å²) in [5.41, 5.74) is 1.41. The number of rotatable bonds is 8. The van der Waals surface area contributed by atoms with Crippen LogP contribution in [0, 0.1) is 0 Å². The summed E-state index contributed by atoms with van der Waals surface area (Å²) in [5, 5.41) is 3.97. The van der Waals surface area contributed by atoms with E-state index in [-0.39, 0.29) is 11.3 Å². The van der Waals surface area contributed by atoms with Gasteiger partial charge in [-0.2, -0.15) is 0 Å². The van der Waals surface area contributed by atoms with Crippen LogP contribution in [0.5, 0.6) is 11.5 Å². The summed E-state index contributed by atoms with van der Waals surface area (Å²) in [6.07, 6.45) is 1.77. The molecule has 5 nitrogen and oxygen atoms in total. The average Bonchev–Trinajstić information content (AvgIpc) is 2.78. The van der Waals surface area contributed by atoms with Crippen molar-refractivity contribution in [3.05, 3.63) is 78.0 Å². The van der Waals surface area contributed by atoms with Gasteiger partial charge in [0.25, 0.3) is 5.91 Å². The van der Waals surface area contributed by atoms with E-state index in [0.29, 0.717) is 23.6 Å². The Labute approximate surface area is 181 Å². The van der Waals surface area contributed by atoms with Gasteiger partial charge in [0.05, 0.1) is 14.2 Å². The van der Waals surface area contributed by atoms with Gasteiger partial charge in [0.2, 0.25) is 0 Å². The molecule has 1 heterocycles. The highest BCUT2D eigenvalue weighted by molar-refractivity contribution is 7.99. The summed E-state index contributed by atoms with van der Waals surface area (Å²) < 4.78 is 10.7. The molecule has 0 saturated heterocycles. The van der Waals surface area contributed by atoms with Gasteiger partial charge in [-0.15, -0.1) is 0 Å². The highest BCUT2D eigenvalue weighted by Gasteiger charge is 2.23. The van der Waals surface area contributed by atoms with Crippen molar-refractivity contribution in [1.29, 1.82) is 0 Å². The molecule has 1 aromatic heterocycles. The fraction of sp³-hybridized carbons (Fsp3) is 0.250. The van der Waals surface area contributed by atoms with Crippen LogP contribution in [0.25, 0.3) is 0 Å². The van der Waals surface area contributed by atoms with Crippen LogP contribution in [0.4, 0.5) is 0 Å². The van der Waals surface area contributed by atoms with Crippen LogP contribution in [0.3, 0.4) is 0 Å². The molecule has 0 atom stereocenters. The van der Waals surface area contributed by atoms with E-state index in [0.717, 1.165) is 15.5 Å². The van der Waals surface area contributed by atoms with E-state index in [1.807, 2.05) is 60.7 Å². The van der Waals surface area contributed by atoms with E-state index >= 15 is 0 Å². The number of nitrogens with one attached hydrogen (secondary N) is 1. The molecule has 0 aliphatic heterocycles. The molecule has 1 amide bonds. The van der Waals surface area contributed by atoms with Gasteiger partial charge in [-0.05, 0) is 54.1 Å². The van der Waals surface area contributed by atoms with Crippen LogP contribution in [-0.4, -0.2) is 31.7 Å². The summed E-state index contributed by atoms with van der Waals surface area (Å²) in [6.45, 7) is 4.66. The van der Waals surface area contributed by atoms with Crippen molar-refractivity contribution < 1.29 is 14.3 Å². The number of carbonyl (C=O) groups is 1. The van der Waals surface area contributed by atoms with Gasteiger partial charge < -0.3 is 14.8 Å². The summed E-state index contributed by atoms with van der Waals surface area (Å²) in [5.74, 6) is 1.26. The summed E-state index contributed by atoms with van der Waals surface area (Å²) in [4.78, 5) is 18.0. The standard InChI is InChI=1S/C24H26N2O3S/c1-24(2,18-10-13-20(28-3)21(15-18)29-4)16-26-23(27)17-8-11-19(12-9-17)30-22-7-5-6-14-25-22/h5-15H,16H2,1-4H3,(H,26,27). The van der Waals surface area contributed by atoms with Gasteiger partial charge in [-0.3, -0.25) is 4.79 Å². The highest BCUT2D eigenvalue weighted by Crippen LogP contribution is 2.33. The second kappa shape index (κ2) is 9.67. The molecule has 1 N–H and O–H groups in total. The maximum atomic E-state index is 12.6. The Bertz CT molecular complexity index is 989. The third-order valence-electron chi connectivity index (χ3n) is 4.83. The third-order valence-corrected chi connectivity index (χ3v) is 5.79. The molecule has 0 aliphatic carbocycles. The van der Waals surface area contributed by atoms with Crippen LogP contribution < -0.4 is 14.8 Å². The molecule has 0 saturated carbocycles. The zero-order chi connectivity index (χ0) is 21.6. The number of ether oxygens (including phenoxy) is 2. The van der Waals surface area contributed by atoms with Gasteiger partial charge in [-0.25, -0.2) is 4.98 Å². The summed E-state index contributed by atoms with van der Waals surface area (Å²) in [6, 6.07) is 19.2. The first-order valence-electron chi connectivity index (χ1n) is 9.62. The first-order chi connectivity index (χ1) is 14.4. The molecule has 0 fully saturated rings. The lowest BCUT2D eigenvalue weighted by Gasteiger charge is -2.26. The molecule has 0 aliphatic rings. The molecule has 0 radical (unpaired) electrons. The van der Waals surface area contributed by atoms with Crippen LogP contribution in [-0.2, 0) is 5.41 Å². The van der Waals surface area contributed by atoms with Crippen molar-refractivity contribution in [2.75, 3.05) is 20.8 Å². The second-order valence-corrected chi connectivity index (χ2v) is 8.52. The topological polar surface area (TPSA) is 60.5 Å². The van der Waals surface area contributed by atoms with Crippen molar-refractivity contribution in [3.8, 4) is 11.5 Å². The Hall–Kier alpha value is -2.99. The van der Waals surface area contributed by atoms with Crippen LogP contribution in [0.15, 0.2) is 76.8 Å². The van der Waals surface area contributed by atoms with Crippen molar-refractivity contribution in [2.24, 2.45) is 0 Å². The highest BCUT2D eigenvalue weighted by atomic mass is 32.2. The molecule has 6 heteroatoms. The van der Waals surface area contributed by atoms with Crippen molar-refractivity contribution in [3.63, 3.8) is 0 Å². The number of aromatic nitrogens is 1. The van der Waals surface area contributed by atoms with E-state index in [9.17, 15) is 4.79 Å². The minimum absolute atomic E-state index is 0.0991. The minimum Gasteiger partial charge on any atom is -0.493 e. The Morgan fingerprint density at radius 3 is 2.37 bits per heavy atom. The fourth-order valence-corrected chi connectivity index (χ4v) is 3.74. The molecule has 0 unspecified atom stereocenters. The lowest BCUT2D eigenvalue weighted by Crippen LogP contribution is -2.36. The molecule has 2 aromatic carbocycles. The van der Waals surface area contributed by atoms with Gasteiger partial charge >= 0.3 is 0 Å². The van der Waals surface area contributed by atoms with Gasteiger partial charge in [0.15, 0.2) is 11.5 Å². The second-order valence-electron chi connectivity index (χ2n) is 7.43. The number of pyridine rings is 1. The predicted molar refractivity (Wildman–Crippen MR) is 120 cm³/mol. The monoisotopic (exact) mass is 422 g/mol. The molecule has 3 rings (SSSR count). The summed E-state index contributed by atoms with van der Waals surface area (Å²) in [7, 11) is 3.23. The SMILES string of the molecule is COc1ccc(C(C)(C)CNC(=O)c2ccc(Sc3ccccn3)cc2)cc1OC. The van der Waals surface area contributed by atoms with Gasteiger partial charge in [-0.1, -0.05) is 37.7 Å². The molecule has 3 aromatic rings. The fourth-order valence-electron chi connectivity index (χ4n) is 2.97. The number of carbonyl (C=O) groups excluding carboxylic acids is 1. The molecular weight excluding hydrogens is 396 g/mol. The molecule has 0 bridgehead atoms. The third kappa shape index (κ3) is 5.33. The maximum absolute atomic E-state index is 12.6. The van der Waals surface area contributed by atoms with Crippen molar-refractivity contribution in [2.45, 2.75) is 29.2 Å². The summed E-state index contributed by atoms with van der Waals surface area (Å²) >= 11 is 1.56. The van der Waals surface area contributed by atoms with E-state index in [1.54, 1.807) is 32.2 Å². The average molecular weight is 423 g/mol. The van der Waals surface area contributed by atoms with Crippen LogP contribution in [0.2, 0.25) is 0 Å². The van der Waals surface area contributed by atoms with Crippen LogP contribution in [0.1, 0.15) is 29.8 Å². The van der Waals surface area contributed by atoms with E-state index in [1.165, 1.54) is 0 Å². The van der Waals surface area contributed by atoms with Crippen molar-refractivity contribution in [1.82, 2.24) is 10.3 Å². The van der Waals surface area contributed by atoms with Gasteiger partial charge in [0, 0.05) is 28.6 Å². The molecular formula is C24H26N2O3S. The quantitative estimate of drug-likeness (QED) is 0.556. The van der Waals surface area contributed by atoms with E-state index in [4.69, 9.17) is 9.47 Å². The van der Waals surface area contributed by atoms with Crippen LogP contribution >= 0.6 is 11.8 Å².